The van der Waals surface area contributed by atoms with Gasteiger partial charge in [-0.2, -0.15) is 5.26 Å². The molecule has 0 unspecified atom stereocenters. The number of nitrogens with one attached hydrogen (secondary N) is 1. The molecule has 2 fully saturated rings. The molecular weight excluding hydrogens is 673 g/mol. The van der Waals surface area contributed by atoms with Gasteiger partial charge in [0.05, 0.1) is 23.6 Å². The van der Waals surface area contributed by atoms with Crippen LogP contribution in [-0.4, -0.2) is 94.3 Å². The molecule has 3 aromatic carbocycles. The van der Waals surface area contributed by atoms with Crippen molar-refractivity contribution in [1.29, 1.82) is 5.26 Å². The number of nitrogens with zero attached hydrogens (tertiary/aromatic N) is 6. The molecule has 0 radical (unpaired) electrons. The van der Waals surface area contributed by atoms with Crippen LogP contribution in [0.2, 0.25) is 5.02 Å². The van der Waals surface area contributed by atoms with Crippen molar-refractivity contribution in [3.05, 3.63) is 59.1 Å². The Kier molecular flexibility index (Phi) is 10.5. The maximum atomic E-state index is 17.0. The number of ether oxygens (including phenoxy) is 1. The Labute approximate surface area is 301 Å². The Bertz CT molecular complexity index is 2010. The second kappa shape index (κ2) is 14.9. The fraction of sp³-hybridized carbons (Fsp3) is 0.447. The maximum absolute atomic E-state index is 17.0. The summed E-state index contributed by atoms with van der Waals surface area (Å²) in [5.74, 6) is -0.00722. The largest absolute Gasteiger partial charge is 0.508 e. The number of amides is 2. The number of phenols is 1. The topological polar surface area (TPSA) is 135 Å². The molecule has 2 aliphatic rings. The van der Waals surface area contributed by atoms with Crippen LogP contribution < -0.4 is 10.2 Å². The SMILES string of the molecule is CN1CCC[C@H]1CCc1nc(N2CCN(C(=O)CNC(=O)OC(C)(C)C)[C@@H](CC#N)C2)c2cc(Cl)c(-c3cc(O)cc4ccccc34)c(F)c2n1. The number of carbonyl (C=O) groups excluding carboxylic acids is 2. The lowest BCUT2D eigenvalue weighted by molar-refractivity contribution is -0.132. The van der Waals surface area contributed by atoms with E-state index >= 15 is 4.39 Å². The van der Waals surface area contributed by atoms with Crippen LogP contribution in [-0.2, 0) is 16.0 Å². The molecule has 2 aliphatic heterocycles. The summed E-state index contributed by atoms with van der Waals surface area (Å²) in [5, 5.41) is 24.8. The van der Waals surface area contributed by atoms with E-state index in [-0.39, 0.29) is 53.8 Å². The third-order valence-corrected chi connectivity index (χ3v) is 9.91. The van der Waals surface area contributed by atoms with Gasteiger partial charge in [-0.1, -0.05) is 35.9 Å². The number of phenolic OH excluding ortho intramolecular Hbond substituents is 1. The first kappa shape index (κ1) is 36.1. The molecule has 268 valence electrons. The van der Waals surface area contributed by atoms with Gasteiger partial charge in [0.2, 0.25) is 5.91 Å². The van der Waals surface area contributed by atoms with Gasteiger partial charge in [0.25, 0.3) is 0 Å². The van der Waals surface area contributed by atoms with Gasteiger partial charge in [-0.15, -0.1) is 0 Å². The van der Waals surface area contributed by atoms with Gasteiger partial charge in [-0.25, -0.2) is 19.2 Å². The first-order valence-corrected chi connectivity index (χ1v) is 17.7. The highest BCUT2D eigenvalue weighted by molar-refractivity contribution is 6.35. The molecule has 2 amide bonds. The molecule has 0 spiro atoms. The van der Waals surface area contributed by atoms with E-state index in [0.717, 1.165) is 36.6 Å². The highest BCUT2D eigenvalue weighted by Gasteiger charge is 2.33. The van der Waals surface area contributed by atoms with E-state index in [4.69, 9.17) is 26.3 Å². The Balaban J connectivity index is 1.37. The first-order chi connectivity index (χ1) is 24.3. The van der Waals surface area contributed by atoms with E-state index in [1.54, 1.807) is 37.8 Å². The molecule has 2 atom stereocenters. The number of fused-ring (bicyclic) bond motifs is 2. The minimum absolute atomic E-state index is 0.0127. The molecule has 1 aromatic heterocycles. The van der Waals surface area contributed by atoms with Crippen LogP contribution in [0.5, 0.6) is 5.75 Å². The molecule has 11 nitrogen and oxygen atoms in total. The van der Waals surface area contributed by atoms with Crippen molar-refractivity contribution < 1.29 is 23.8 Å². The quantitative estimate of drug-likeness (QED) is 0.212. The molecule has 3 heterocycles. The van der Waals surface area contributed by atoms with E-state index in [1.807, 2.05) is 29.2 Å². The summed E-state index contributed by atoms with van der Waals surface area (Å²) in [5.41, 5.74) is -0.0182. The Hall–Kier alpha value is -4.73. The van der Waals surface area contributed by atoms with Crippen LogP contribution in [0.3, 0.4) is 0 Å². The normalized spacial score (nSPS) is 18.3. The summed E-state index contributed by atoms with van der Waals surface area (Å²) in [7, 11) is 2.11. The maximum Gasteiger partial charge on any atom is 0.408 e. The molecular formula is C38H43ClFN7O4. The zero-order valence-electron chi connectivity index (χ0n) is 29.4. The van der Waals surface area contributed by atoms with Crippen molar-refractivity contribution in [1.82, 2.24) is 25.1 Å². The van der Waals surface area contributed by atoms with Crippen molar-refractivity contribution >= 4 is 51.1 Å². The summed E-state index contributed by atoms with van der Waals surface area (Å²) in [4.78, 5) is 41.2. The number of aromatic hydroxyl groups is 1. The van der Waals surface area contributed by atoms with Gasteiger partial charge in [-0.3, -0.25) is 4.79 Å². The molecule has 0 saturated carbocycles. The lowest BCUT2D eigenvalue weighted by Crippen LogP contribution is -2.57. The standard InChI is InChI=1S/C38H43ClFN7O4/c1-38(2,3)51-37(50)42-21-32(49)47-17-16-46(22-25(47)13-14-41)36-29-20-30(39)33(28-19-26(48)18-23-8-5-6-10-27(23)28)34(40)35(29)43-31(44-36)12-11-24-9-7-15-45(24)4/h5-6,8,10,18-20,24-25,48H,7,9,11-13,15-17,21-22H2,1-4H3,(H,42,50)/t24-,25-/m0/s1. The van der Waals surface area contributed by atoms with Crippen molar-refractivity contribution in [2.24, 2.45) is 0 Å². The number of benzene rings is 3. The number of hydrogen-bond donors (Lipinski definition) is 2. The monoisotopic (exact) mass is 715 g/mol. The van der Waals surface area contributed by atoms with E-state index < -0.39 is 23.6 Å². The van der Waals surface area contributed by atoms with Gasteiger partial charge >= 0.3 is 6.09 Å². The lowest BCUT2D eigenvalue weighted by atomic mass is 9.96. The number of anilines is 1. The van der Waals surface area contributed by atoms with Crippen LogP contribution in [0.1, 0.15) is 52.3 Å². The molecule has 4 aromatic rings. The number of aryl methyl sites for hydroxylation is 1. The van der Waals surface area contributed by atoms with Crippen molar-refractivity contribution in [3.63, 3.8) is 0 Å². The van der Waals surface area contributed by atoms with E-state index in [9.17, 15) is 20.0 Å². The van der Waals surface area contributed by atoms with Gasteiger partial charge in [0.1, 0.15) is 35.1 Å². The van der Waals surface area contributed by atoms with E-state index in [1.165, 1.54) is 6.07 Å². The average molecular weight is 716 g/mol. The van der Waals surface area contributed by atoms with Crippen LogP contribution in [0.15, 0.2) is 42.5 Å². The third kappa shape index (κ3) is 7.95. The minimum Gasteiger partial charge on any atom is -0.508 e. The number of nitriles is 1. The molecule has 51 heavy (non-hydrogen) atoms. The van der Waals surface area contributed by atoms with Crippen LogP contribution in [0.25, 0.3) is 32.8 Å². The van der Waals surface area contributed by atoms with Gasteiger partial charge in [0.15, 0.2) is 5.82 Å². The molecule has 2 N–H and O–H groups in total. The zero-order chi connectivity index (χ0) is 36.4. The molecule has 0 bridgehead atoms. The van der Waals surface area contributed by atoms with Gasteiger partial charge in [0, 0.05) is 43.0 Å². The number of hydrogen-bond acceptors (Lipinski definition) is 9. The smallest absolute Gasteiger partial charge is 0.408 e. The second-order valence-electron chi connectivity index (χ2n) is 14.3. The number of likely N-dealkylation sites (tertiary alicyclic amines) is 1. The average Bonchev–Trinajstić information content (AvgIpc) is 3.49. The molecule has 2 saturated heterocycles. The number of halogens is 2. The molecule has 6 rings (SSSR count). The summed E-state index contributed by atoms with van der Waals surface area (Å²) in [6.07, 6.45) is 2.88. The van der Waals surface area contributed by atoms with Gasteiger partial charge < -0.3 is 29.9 Å². The van der Waals surface area contributed by atoms with Gasteiger partial charge in [-0.05, 0) is 88.2 Å². The zero-order valence-corrected chi connectivity index (χ0v) is 30.1. The Morgan fingerprint density at radius 3 is 2.63 bits per heavy atom. The van der Waals surface area contributed by atoms with Crippen molar-refractivity contribution in [2.75, 3.05) is 44.7 Å². The Morgan fingerprint density at radius 2 is 1.90 bits per heavy atom. The number of alkyl carbamates (subject to hydrolysis) is 1. The first-order valence-electron chi connectivity index (χ1n) is 17.3. The second-order valence-corrected chi connectivity index (χ2v) is 14.7. The van der Waals surface area contributed by atoms with Crippen molar-refractivity contribution in [2.45, 2.75) is 70.6 Å². The van der Waals surface area contributed by atoms with E-state index in [2.05, 4.69) is 23.3 Å². The third-order valence-electron chi connectivity index (χ3n) is 9.61. The summed E-state index contributed by atoms with van der Waals surface area (Å²) in [6, 6.07) is 14.3. The fourth-order valence-corrected chi connectivity index (χ4v) is 7.48. The number of aromatic nitrogens is 2. The number of rotatable bonds is 8. The number of carbonyl (C=O) groups is 2. The summed E-state index contributed by atoms with van der Waals surface area (Å²) >= 11 is 6.91. The molecule has 13 heteroatoms. The predicted molar refractivity (Wildman–Crippen MR) is 195 cm³/mol. The Morgan fingerprint density at radius 1 is 1.12 bits per heavy atom. The molecule has 0 aliphatic carbocycles. The predicted octanol–water partition coefficient (Wildman–Crippen LogP) is 6.43. The lowest BCUT2D eigenvalue weighted by Gasteiger charge is -2.41. The summed E-state index contributed by atoms with van der Waals surface area (Å²) in [6.45, 7) is 6.80. The summed E-state index contributed by atoms with van der Waals surface area (Å²) < 4.78 is 22.3. The highest BCUT2D eigenvalue weighted by Crippen LogP contribution is 2.42. The van der Waals surface area contributed by atoms with Crippen molar-refractivity contribution in [3.8, 4) is 22.9 Å². The fourth-order valence-electron chi connectivity index (χ4n) is 7.19. The van der Waals surface area contributed by atoms with E-state index in [0.29, 0.717) is 41.6 Å². The van der Waals surface area contributed by atoms with Crippen LogP contribution in [0.4, 0.5) is 15.0 Å². The number of piperazine rings is 1. The highest BCUT2D eigenvalue weighted by atomic mass is 35.5. The minimum atomic E-state index is -0.714. The van der Waals surface area contributed by atoms with Crippen LogP contribution in [0, 0.1) is 17.1 Å². The van der Waals surface area contributed by atoms with Crippen LogP contribution >= 0.6 is 11.6 Å².